The molecule has 2 rings (SSSR count). The van der Waals surface area contributed by atoms with Crippen molar-refractivity contribution in [1.29, 1.82) is 0 Å². The number of amides is 1. The summed E-state index contributed by atoms with van der Waals surface area (Å²) < 4.78 is 0. The lowest BCUT2D eigenvalue weighted by atomic mass is 10.1. The predicted octanol–water partition coefficient (Wildman–Crippen LogP) is 3.04. The van der Waals surface area contributed by atoms with Crippen molar-refractivity contribution in [3.63, 3.8) is 0 Å². The number of aliphatic hydroxyl groups is 1. The molecule has 0 radical (unpaired) electrons. The van der Waals surface area contributed by atoms with Gasteiger partial charge in [0, 0.05) is 18.8 Å². The van der Waals surface area contributed by atoms with Crippen LogP contribution in [0.1, 0.15) is 22.3 Å². The molecule has 0 saturated carbocycles. The second kappa shape index (κ2) is 8.62. The van der Waals surface area contributed by atoms with E-state index in [2.05, 4.69) is 24.4 Å². The number of benzene rings is 2. The first kappa shape index (κ1) is 18.2. The van der Waals surface area contributed by atoms with Crippen LogP contribution >= 0.6 is 0 Å². The summed E-state index contributed by atoms with van der Waals surface area (Å²) in [7, 11) is 0. The Kier molecular flexibility index (Phi) is 6.53. The van der Waals surface area contributed by atoms with Crippen molar-refractivity contribution in [1.82, 2.24) is 4.90 Å². The van der Waals surface area contributed by atoms with E-state index >= 15 is 0 Å². The van der Waals surface area contributed by atoms with Gasteiger partial charge in [0.15, 0.2) is 0 Å². The maximum absolute atomic E-state index is 12.4. The Morgan fingerprint density at radius 2 is 1.71 bits per heavy atom. The molecule has 4 nitrogen and oxygen atoms in total. The average Bonchev–Trinajstić information content (AvgIpc) is 2.52. The second-order valence-corrected chi connectivity index (χ2v) is 6.24. The van der Waals surface area contributed by atoms with Gasteiger partial charge in [0.05, 0.1) is 13.2 Å². The minimum atomic E-state index is -0.0607. The van der Waals surface area contributed by atoms with Gasteiger partial charge < -0.3 is 10.4 Å². The topological polar surface area (TPSA) is 52.6 Å². The van der Waals surface area contributed by atoms with E-state index in [1.54, 1.807) is 0 Å². The van der Waals surface area contributed by atoms with Crippen molar-refractivity contribution in [3.05, 3.63) is 64.7 Å². The Morgan fingerprint density at radius 1 is 1.08 bits per heavy atom. The zero-order valence-corrected chi connectivity index (χ0v) is 14.7. The zero-order valence-electron chi connectivity index (χ0n) is 14.7. The lowest BCUT2D eigenvalue weighted by molar-refractivity contribution is -0.117. The molecule has 2 aromatic rings. The van der Waals surface area contributed by atoms with Gasteiger partial charge in [0.25, 0.3) is 0 Å². The van der Waals surface area contributed by atoms with E-state index < -0.39 is 0 Å². The average molecular weight is 326 g/mol. The minimum Gasteiger partial charge on any atom is -0.395 e. The molecular weight excluding hydrogens is 300 g/mol. The molecule has 1 amide bonds. The normalized spacial score (nSPS) is 10.9. The van der Waals surface area contributed by atoms with Crippen molar-refractivity contribution >= 4 is 11.6 Å². The third-order valence-electron chi connectivity index (χ3n) is 3.97. The number of hydrogen-bond donors (Lipinski definition) is 2. The molecule has 24 heavy (non-hydrogen) atoms. The molecule has 128 valence electrons. The smallest absolute Gasteiger partial charge is 0.238 e. The summed E-state index contributed by atoms with van der Waals surface area (Å²) in [6.07, 6.45) is 0. The highest BCUT2D eigenvalue weighted by atomic mass is 16.3. The molecule has 4 heteroatoms. The standard InChI is InChI=1S/C20H26N2O2/c1-15-11-16(2)20(17(3)12-15)21-19(24)14-22(9-10-23)13-18-7-5-4-6-8-18/h4-8,11-12,23H,9-10,13-14H2,1-3H3,(H,21,24). The summed E-state index contributed by atoms with van der Waals surface area (Å²) in [5, 5.41) is 12.3. The molecule has 0 atom stereocenters. The van der Waals surface area contributed by atoms with E-state index in [-0.39, 0.29) is 19.1 Å². The van der Waals surface area contributed by atoms with Gasteiger partial charge in [-0.2, -0.15) is 0 Å². The highest BCUT2D eigenvalue weighted by molar-refractivity contribution is 5.93. The number of carbonyl (C=O) groups excluding carboxylic acids is 1. The van der Waals surface area contributed by atoms with Crippen LogP contribution in [0.15, 0.2) is 42.5 Å². The SMILES string of the molecule is Cc1cc(C)c(NC(=O)CN(CCO)Cc2ccccc2)c(C)c1. The van der Waals surface area contributed by atoms with Gasteiger partial charge in [0.1, 0.15) is 0 Å². The fourth-order valence-corrected chi connectivity index (χ4v) is 2.96. The molecule has 0 aliphatic rings. The Bertz CT molecular complexity index is 660. The van der Waals surface area contributed by atoms with E-state index in [0.29, 0.717) is 13.1 Å². The van der Waals surface area contributed by atoms with Crippen LogP contribution in [0.5, 0.6) is 0 Å². The monoisotopic (exact) mass is 326 g/mol. The van der Waals surface area contributed by atoms with Gasteiger partial charge in [-0.1, -0.05) is 48.0 Å². The maximum atomic E-state index is 12.4. The number of aryl methyl sites for hydroxylation is 3. The first-order chi connectivity index (χ1) is 11.5. The van der Waals surface area contributed by atoms with Crippen LogP contribution in [0, 0.1) is 20.8 Å². The number of hydrogen-bond acceptors (Lipinski definition) is 3. The molecular formula is C20H26N2O2. The van der Waals surface area contributed by atoms with Gasteiger partial charge >= 0.3 is 0 Å². The summed E-state index contributed by atoms with van der Waals surface area (Å²) in [4.78, 5) is 14.4. The first-order valence-electron chi connectivity index (χ1n) is 8.24. The number of rotatable bonds is 7. The Balaban J connectivity index is 2.03. The van der Waals surface area contributed by atoms with Crippen LogP contribution in [0.25, 0.3) is 0 Å². The van der Waals surface area contributed by atoms with E-state index in [4.69, 9.17) is 0 Å². The molecule has 0 fully saturated rings. The van der Waals surface area contributed by atoms with Crippen LogP contribution in [0.3, 0.4) is 0 Å². The fraction of sp³-hybridized carbons (Fsp3) is 0.350. The van der Waals surface area contributed by atoms with Crippen LogP contribution in [-0.4, -0.2) is 35.6 Å². The fourth-order valence-electron chi connectivity index (χ4n) is 2.96. The molecule has 0 bridgehead atoms. The summed E-state index contributed by atoms with van der Waals surface area (Å²) in [6.45, 7) is 7.45. The summed E-state index contributed by atoms with van der Waals surface area (Å²) in [5.74, 6) is -0.0607. The van der Waals surface area contributed by atoms with Gasteiger partial charge in [-0.05, 0) is 37.5 Å². The Labute approximate surface area is 144 Å². The van der Waals surface area contributed by atoms with E-state index in [1.807, 2.05) is 49.1 Å². The highest BCUT2D eigenvalue weighted by Crippen LogP contribution is 2.21. The molecule has 0 unspecified atom stereocenters. The molecule has 2 N–H and O–H groups in total. The predicted molar refractivity (Wildman–Crippen MR) is 98.1 cm³/mol. The number of nitrogens with one attached hydrogen (secondary N) is 1. The number of nitrogens with zero attached hydrogens (tertiary/aromatic N) is 1. The first-order valence-corrected chi connectivity index (χ1v) is 8.24. The molecule has 0 aromatic heterocycles. The number of carbonyl (C=O) groups is 1. The van der Waals surface area contributed by atoms with Crippen LogP contribution in [0.4, 0.5) is 5.69 Å². The molecule has 0 saturated heterocycles. The van der Waals surface area contributed by atoms with Gasteiger partial charge in [-0.3, -0.25) is 9.69 Å². The summed E-state index contributed by atoms with van der Waals surface area (Å²) in [5.41, 5.74) is 5.33. The van der Waals surface area contributed by atoms with Crippen LogP contribution in [0.2, 0.25) is 0 Å². The van der Waals surface area contributed by atoms with Gasteiger partial charge in [-0.25, -0.2) is 0 Å². The quantitative estimate of drug-likeness (QED) is 0.822. The van der Waals surface area contributed by atoms with Crippen molar-refractivity contribution < 1.29 is 9.90 Å². The lowest BCUT2D eigenvalue weighted by Crippen LogP contribution is -2.35. The van der Waals surface area contributed by atoms with Crippen LogP contribution < -0.4 is 5.32 Å². The van der Waals surface area contributed by atoms with E-state index in [0.717, 1.165) is 22.4 Å². The lowest BCUT2D eigenvalue weighted by Gasteiger charge is -2.21. The summed E-state index contributed by atoms with van der Waals surface area (Å²) >= 11 is 0. The number of anilines is 1. The summed E-state index contributed by atoms with van der Waals surface area (Å²) in [6, 6.07) is 14.1. The molecule has 0 aliphatic carbocycles. The third-order valence-corrected chi connectivity index (χ3v) is 3.97. The molecule has 2 aromatic carbocycles. The molecule has 0 spiro atoms. The van der Waals surface area contributed by atoms with Crippen molar-refractivity contribution in [2.75, 3.05) is 25.0 Å². The number of aliphatic hydroxyl groups excluding tert-OH is 1. The van der Waals surface area contributed by atoms with Gasteiger partial charge in [-0.15, -0.1) is 0 Å². The largest absolute Gasteiger partial charge is 0.395 e. The third kappa shape index (κ3) is 5.18. The molecule has 0 aliphatic heterocycles. The van der Waals surface area contributed by atoms with E-state index in [1.165, 1.54) is 5.56 Å². The zero-order chi connectivity index (χ0) is 17.5. The van der Waals surface area contributed by atoms with Crippen molar-refractivity contribution in [2.24, 2.45) is 0 Å². The van der Waals surface area contributed by atoms with Crippen LogP contribution in [-0.2, 0) is 11.3 Å². The Morgan fingerprint density at radius 3 is 2.29 bits per heavy atom. The molecule has 0 heterocycles. The highest BCUT2D eigenvalue weighted by Gasteiger charge is 2.13. The van der Waals surface area contributed by atoms with Crippen molar-refractivity contribution in [2.45, 2.75) is 27.3 Å². The van der Waals surface area contributed by atoms with Gasteiger partial charge in [0.2, 0.25) is 5.91 Å². The van der Waals surface area contributed by atoms with Crippen molar-refractivity contribution in [3.8, 4) is 0 Å². The minimum absolute atomic E-state index is 0.0305. The Hall–Kier alpha value is -2.17. The van der Waals surface area contributed by atoms with E-state index in [9.17, 15) is 9.90 Å². The maximum Gasteiger partial charge on any atom is 0.238 e. The second-order valence-electron chi connectivity index (χ2n) is 6.24.